The van der Waals surface area contributed by atoms with Crippen molar-refractivity contribution in [3.8, 4) is 0 Å². The van der Waals surface area contributed by atoms with Crippen molar-refractivity contribution in [3.63, 3.8) is 0 Å². The Morgan fingerprint density at radius 2 is 1.89 bits per heavy atom. The molecule has 1 amide bonds. The number of nitrogens with one attached hydrogen (secondary N) is 1. The number of hydrogen-bond acceptors (Lipinski definition) is 6. The van der Waals surface area contributed by atoms with Crippen LogP contribution < -0.4 is 5.32 Å². The Morgan fingerprint density at radius 3 is 2.54 bits per heavy atom. The number of nitro benzene ring substituents is 1. The molecule has 0 unspecified atom stereocenters. The molecule has 2 heterocycles. The summed E-state index contributed by atoms with van der Waals surface area (Å²) in [7, 11) is -3.83. The first kappa shape index (κ1) is 19.9. The van der Waals surface area contributed by atoms with Crippen LogP contribution in [0.1, 0.15) is 18.4 Å². The average molecular weight is 404 g/mol. The predicted octanol–water partition coefficient (Wildman–Crippen LogP) is 1.71. The van der Waals surface area contributed by atoms with Gasteiger partial charge in [-0.1, -0.05) is 6.07 Å². The molecule has 10 heteroatoms. The molecule has 28 heavy (non-hydrogen) atoms. The number of hydrogen-bond donors (Lipinski definition) is 1. The Kier molecular flexibility index (Phi) is 6.00. The van der Waals surface area contributed by atoms with Crippen molar-refractivity contribution in [2.75, 3.05) is 13.1 Å². The third-order valence-electron chi connectivity index (χ3n) is 4.71. The van der Waals surface area contributed by atoms with Gasteiger partial charge in [0.1, 0.15) is 0 Å². The number of amides is 1. The van der Waals surface area contributed by atoms with E-state index < -0.39 is 14.9 Å². The first-order valence-corrected chi connectivity index (χ1v) is 10.2. The van der Waals surface area contributed by atoms with E-state index in [0.29, 0.717) is 19.4 Å². The predicted molar refractivity (Wildman–Crippen MR) is 101 cm³/mol. The van der Waals surface area contributed by atoms with Gasteiger partial charge in [-0.25, -0.2) is 8.42 Å². The number of pyridine rings is 1. The number of sulfonamides is 1. The van der Waals surface area contributed by atoms with Gasteiger partial charge in [0.2, 0.25) is 15.9 Å². The highest BCUT2D eigenvalue weighted by Gasteiger charge is 2.32. The first-order valence-electron chi connectivity index (χ1n) is 8.79. The van der Waals surface area contributed by atoms with Crippen molar-refractivity contribution >= 4 is 21.6 Å². The van der Waals surface area contributed by atoms with Crippen LogP contribution in [-0.4, -0.2) is 41.6 Å². The summed E-state index contributed by atoms with van der Waals surface area (Å²) >= 11 is 0. The summed E-state index contributed by atoms with van der Waals surface area (Å²) in [5.74, 6) is -0.373. The van der Waals surface area contributed by atoms with Crippen LogP contribution in [0.2, 0.25) is 0 Å². The lowest BCUT2D eigenvalue weighted by Gasteiger charge is -2.30. The molecule has 1 aromatic heterocycles. The van der Waals surface area contributed by atoms with Crippen LogP contribution in [0.5, 0.6) is 0 Å². The van der Waals surface area contributed by atoms with Gasteiger partial charge in [0.25, 0.3) is 5.69 Å². The standard InChI is InChI=1S/C18H20N4O5S/c23-18(20-13-14-4-8-19-9-5-14)15-6-10-21(11-7-15)28(26,27)17-3-1-2-16(12-17)22(24)25/h1-5,8-9,12,15H,6-7,10-11,13H2,(H,20,23). The van der Waals surface area contributed by atoms with Gasteiger partial charge in [0.15, 0.2) is 0 Å². The minimum absolute atomic E-state index is 0.107. The van der Waals surface area contributed by atoms with Crippen LogP contribution in [0.15, 0.2) is 53.7 Å². The second-order valence-corrected chi connectivity index (χ2v) is 8.44. The van der Waals surface area contributed by atoms with Crippen molar-refractivity contribution in [3.05, 3.63) is 64.5 Å². The molecule has 1 aliphatic heterocycles. The zero-order valence-electron chi connectivity index (χ0n) is 15.0. The van der Waals surface area contributed by atoms with Gasteiger partial charge in [-0.05, 0) is 36.6 Å². The molecule has 9 nitrogen and oxygen atoms in total. The maximum Gasteiger partial charge on any atom is 0.270 e. The van der Waals surface area contributed by atoms with Crippen LogP contribution in [0, 0.1) is 16.0 Å². The van der Waals surface area contributed by atoms with Crippen LogP contribution >= 0.6 is 0 Å². The van der Waals surface area contributed by atoms with Crippen LogP contribution in [0.4, 0.5) is 5.69 Å². The molecular formula is C18H20N4O5S. The SMILES string of the molecule is O=C(NCc1ccncc1)C1CCN(S(=O)(=O)c2cccc([N+](=O)[O-])c2)CC1. The van der Waals surface area contributed by atoms with E-state index in [0.717, 1.165) is 11.6 Å². The maximum absolute atomic E-state index is 12.7. The van der Waals surface area contributed by atoms with Gasteiger partial charge in [-0.2, -0.15) is 4.31 Å². The normalized spacial score (nSPS) is 15.9. The highest BCUT2D eigenvalue weighted by Crippen LogP contribution is 2.26. The molecule has 0 bridgehead atoms. The molecule has 1 fully saturated rings. The summed E-state index contributed by atoms with van der Waals surface area (Å²) in [6.07, 6.45) is 4.10. The topological polar surface area (TPSA) is 123 Å². The summed E-state index contributed by atoms with van der Waals surface area (Å²) in [6, 6.07) is 8.63. The van der Waals surface area contributed by atoms with Gasteiger partial charge in [0, 0.05) is 50.1 Å². The smallest absolute Gasteiger partial charge is 0.270 e. The Labute approximate surface area is 162 Å². The molecule has 0 atom stereocenters. The number of non-ortho nitro benzene ring substituents is 1. The summed E-state index contributed by atoms with van der Waals surface area (Å²) in [6.45, 7) is 0.782. The zero-order valence-corrected chi connectivity index (χ0v) is 15.8. The maximum atomic E-state index is 12.7. The molecule has 2 aromatic rings. The van der Waals surface area contributed by atoms with Crippen LogP contribution in [0.3, 0.4) is 0 Å². The molecule has 1 saturated heterocycles. The highest BCUT2D eigenvalue weighted by molar-refractivity contribution is 7.89. The van der Waals surface area contributed by atoms with E-state index in [2.05, 4.69) is 10.3 Å². The Hall–Kier alpha value is -2.85. The van der Waals surface area contributed by atoms with E-state index >= 15 is 0 Å². The van der Waals surface area contributed by atoms with Crippen molar-refractivity contribution in [1.82, 2.24) is 14.6 Å². The molecule has 0 radical (unpaired) electrons. The summed E-state index contributed by atoms with van der Waals surface area (Å²) < 4.78 is 26.8. The Balaban J connectivity index is 1.59. The van der Waals surface area contributed by atoms with Gasteiger partial charge in [-0.15, -0.1) is 0 Å². The van der Waals surface area contributed by atoms with Crippen LogP contribution in [0.25, 0.3) is 0 Å². The van der Waals surface area contributed by atoms with E-state index in [1.807, 2.05) is 12.1 Å². The van der Waals surface area contributed by atoms with E-state index in [9.17, 15) is 23.3 Å². The van der Waals surface area contributed by atoms with Crippen molar-refractivity contribution in [2.24, 2.45) is 5.92 Å². The van der Waals surface area contributed by atoms with Crippen molar-refractivity contribution in [1.29, 1.82) is 0 Å². The number of carbonyl (C=O) groups is 1. The summed E-state index contributed by atoms with van der Waals surface area (Å²) in [4.78, 5) is 26.4. The van der Waals surface area contributed by atoms with Crippen molar-refractivity contribution in [2.45, 2.75) is 24.3 Å². The quantitative estimate of drug-likeness (QED) is 0.578. The van der Waals surface area contributed by atoms with Crippen LogP contribution in [-0.2, 0) is 21.4 Å². The third kappa shape index (κ3) is 4.52. The number of nitrogens with zero attached hydrogens (tertiary/aromatic N) is 3. The average Bonchev–Trinajstić information content (AvgIpc) is 2.73. The first-order chi connectivity index (χ1) is 13.4. The number of nitro groups is 1. The summed E-state index contributed by atoms with van der Waals surface area (Å²) in [5.41, 5.74) is 0.667. The Bertz CT molecular complexity index is 957. The fourth-order valence-corrected chi connectivity index (χ4v) is 4.61. The van der Waals surface area contributed by atoms with Gasteiger partial charge in [-0.3, -0.25) is 19.9 Å². The largest absolute Gasteiger partial charge is 0.352 e. The number of piperidine rings is 1. The van der Waals surface area contributed by atoms with Gasteiger partial charge in [0.05, 0.1) is 9.82 Å². The lowest BCUT2D eigenvalue weighted by Crippen LogP contribution is -2.42. The number of benzene rings is 1. The molecule has 1 aromatic carbocycles. The second kappa shape index (κ2) is 8.44. The molecule has 148 valence electrons. The minimum atomic E-state index is -3.83. The zero-order chi connectivity index (χ0) is 20.1. The van der Waals surface area contributed by atoms with Gasteiger partial charge < -0.3 is 5.32 Å². The molecule has 0 aliphatic carbocycles. The van der Waals surface area contributed by atoms with E-state index in [-0.39, 0.29) is 35.5 Å². The monoisotopic (exact) mass is 404 g/mol. The molecular weight excluding hydrogens is 384 g/mol. The Morgan fingerprint density at radius 1 is 1.21 bits per heavy atom. The summed E-state index contributed by atoms with van der Waals surface area (Å²) in [5, 5.41) is 13.8. The molecule has 1 N–H and O–H groups in total. The molecule has 0 spiro atoms. The molecule has 3 rings (SSSR count). The number of rotatable bonds is 6. The van der Waals surface area contributed by atoms with E-state index in [1.54, 1.807) is 12.4 Å². The number of aromatic nitrogens is 1. The molecule has 1 aliphatic rings. The number of carbonyl (C=O) groups excluding carboxylic acids is 1. The highest BCUT2D eigenvalue weighted by atomic mass is 32.2. The third-order valence-corrected chi connectivity index (χ3v) is 6.60. The van der Waals surface area contributed by atoms with Gasteiger partial charge >= 0.3 is 0 Å². The van der Waals surface area contributed by atoms with Crippen molar-refractivity contribution < 1.29 is 18.1 Å². The fourth-order valence-electron chi connectivity index (χ4n) is 3.10. The lowest BCUT2D eigenvalue weighted by molar-refractivity contribution is -0.385. The second-order valence-electron chi connectivity index (χ2n) is 6.51. The van der Waals surface area contributed by atoms with E-state index in [1.165, 1.54) is 22.5 Å². The molecule has 0 saturated carbocycles. The lowest BCUT2D eigenvalue weighted by atomic mass is 9.97. The minimum Gasteiger partial charge on any atom is -0.352 e. The van der Waals surface area contributed by atoms with E-state index in [4.69, 9.17) is 0 Å². The fraction of sp³-hybridized carbons (Fsp3) is 0.333.